The van der Waals surface area contributed by atoms with Crippen LogP contribution in [0.1, 0.15) is 168 Å². The molecule has 0 fully saturated rings. The Kier molecular flexibility index (Phi) is 29.6. The van der Waals surface area contributed by atoms with Crippen LogP contribution in [0.15, 0.2) is 24.3 Å². The average Bonchev–Trinajstić information content (AvgIpc) is 2.89. The number of carbonyl (C=O) groups excluding carboxylic acids is 1. The van der Waals surface area contributed by atoms with Crippen molar-refractivity contribution in [1.29, 1.82) is 0 Å². The Balaban J connectivity index is 3.90. The van der Waals surface area contributed by atoms with E-state index in [2.05, 4.69) is 57.1 Å². The Morgan fingerprint density at radius 2 is 1.05 bits per heavy atom. The molecule has 0 heterocycles. The molecule has 0 radical (unpaired) electrons. The summed E-state index contributed by atoms with van der Waals surface area (Å²) in [6.07, 6.45) is 38.9. The number of ether oxygens (including phenoxy) is 1. The zero-order valence-corrected chi connectivity index (χ0v) is 26.3. The van der Waals surface area contributed by atoms with Gasteiger partial charge in [0.25, 0.3) is 0 Å². The van der Waals surface area contributed by atoms with E-state index in [-0.39, 0.29) is 12.1 Å². The Morgan fingerprint density at radius 3 is 1.58 bits per heavy atom. The minimum atomic E-state index is 0.0110. The summed E-state index contributed by atoms with van der Waals surface area (Å²) in [6.45, 7) is 5.48. The maximum absolute atomic E-state index is 12.4. The molecule has 0 aromatic heterocycles. The zero-order chi connectivity index (χ0) is 27.9. The first kappa shape index (κ1) is 36.9. The molecule has 224 valence electrons. The fourth-order valence-corrected chi connectivity index (χ4v) is 4.91. The van der Waals surface area contributed by atoms with Crippen molar-refractivity contribution in [2.45, 2.75) is 174 Å². The largest absolute Gasteiger partial charge is 0.462 e. The average molecular weight is 534 g/mol. The topological polar surface area (TPSA) is 29.5 Å². The van der Waals surface area contributed by atoms with E-state index in [1.807, 2.05) is 0 Å². The number of allylic oxidation sites excluding steroid dienone is 4. The second-order valence-corrected chi connectivity index (χ2v) is 11.7. The molecule has 0 saturated carbocycles. The van der Waals surface area contributed by atoms with Gasteiger partial charge in [0.2, 0.25) is 0 Å². The third kappa shape index (κ3) is 29.5. The van der Waals surface area contributed by atoms with Crippen molar-refractivity contribution < 1.29 is 9.53 Å². The zero-order valence-electron chi connectivity index (χ0n) is 26.3. The standard InChI is InChI=1S/C35H67NO2/c1-5-7-9-11-13-14-15-16-17-18-19-20-21-22-24-26-28-31-34(30-27-25-23-12-10-8-6-2)38-35(37)32-29-33-36(3)4/h13-14,16-17,34H,5-12,15,18-33H2,1-4H3. The number of carbonyl (C=O) groups is 1. The van der Waals surface area contributed by atoms with E-state index in [0.717, 1.165) is 32.2 Å². The number of rotatable bonds is 29. The van der Waals surface area contributed by atoms with Crippen molar-refractivity contribution in [1.82, 2.24) is 4.90 Å². The molecule has 1 atom stereocenters. The van der Waals surface area contributed by atoms with Crippen LogP contribution in [0, 0.1) is 0 Å². The second-order valence-electron chi connectivity index (χ2n) is 11.7. The molecule has 0 aliphatic heterocycles. The van der Waals surface area contributed by atoms with Gasteiger partial charge in [0.05, 0.1) is 0 Å². The molecule has 0 bridgehead atoms. The van der Waals surface area contributed by atoms with Gasteiger partial charge in [-0.2, -0.15) is 0 Å². The summed E-state index contributed by atoms with van der Waals surface area (Å²) in [4.78, 5) is 14.5. The number of unbranched alkanes of at least 4 members (excludes halogenated alkanes) is 16. The van der Waals surface area contributed by atoms with Gasteiger partial charge in [0.15, 0.2) is 0 Å². The van der Waals surface area contributed by atoms with E-state index in [1.165, 1.54) is 122 Å². The van der Waals surface area contributed by atoms with Crippen molar-refractivity contribution in [3.05, 3.63) is 24.3 Å². The van der Waals surface area contributed by atoms with Crippen LogP contribution < -0.4 is 0 Å². The molecule has 0 spiro atoms. The summed E-state index contributed by atoms with van der Waals surface area (Å²) in [5.41, 5.74) is 0. The van der Waals surface area contributed by atoms with Crippen LogP contribution in [0.25, 0.3) is 0 Å². The molecule has 0 rings (SSSR count). The van der Waals surface area contributed by atoms with Gasteiger partial charge in [-0.15, -0.1) is 0 Å². The van der Waals surface area contributed by atoms with Gasteiger partial charge in [-0.1, -0.05) is 122 Å². The highest BCUT2D eigenvalue weighted by atomic mass is 16.5. The first-order chi connectivity index (χ1) is 18.6. The molecule has 38 heavy (non-hydrogen) atoms. The number of esters is 1. The van der Waals surface area contributed by atoms with Crippen LogP contribution in [0.5, 0.6) is 0 Å². The predicted octanol–water partition coefficient (Wildman–Crippen LogP) is 11.0. The Bertz CT molecular complexity index is 540. The molecule has 0 amide bonds. The highest BCUT2D eigenvalue weighted by Crippen LogP contribution is 2.18. The second kappa shape index (κ2) is 30.5. The van der Waals surface area contributed by atoms with E-state index in [9.17, 15) is 4.79 Å². The quantitative estimate of drug-likeness (QED) is 0.0544. The molecule has 0 aromatic carbocycles. The number of nitrogens with zero attached hydrogens (tertiary/aromatic N) is 1. The van der Waals surface area contributed by atoms with Gasteiger partial charge in [0, 0.05) is 6.42 Å². The van der Waals surface area contributed by atoms with Crippen molar-refractivity contribution in [3.63, 3.8) is 0 Å². The van der Waals surface area contributed by atoms with E-state index in [0.29, 0.717) is 6.42 Å². The third-order valence-electron chi connectivity index (χ3n) is 7.39. The molecule has 1 unspecified atom stereocenters. The van der Waals surface area contributed by atoms with Crippen LogP contribution >= 0.6 is 0 Å². The summed E-state index contributed by atoms with van der Waals surface area (Å²) < 4.78 is 5.94. The number of hydrogen-bond donors (Lipinski definition) is 0. The molecule has 0 aliphatic carbocycles. The molecule has 0 aromatic rings. The highest BCUT2D eigenvalue weighted by molar-refractivity contribution is 5.69. The van der Waals surface area contributed by atoms with E-state index < -0.39 is 0 Å². The Labute approximate surface area is 239 Å². The summed E-state index contributed by atoms with van der Waals surface area (Å²) in [5, 5.41) is 0. The third-order valence-corrected chi connectivity index (χ3v) is 7.39. The molecule has 0 saturated heterocycles. The lowest BCUT2D eigenvalue weighted by Gasteiger charge is -2.18. The maximum atomic E-state index is 12.4. The van der Waals surface area contributed by atoms with Crippen LogP contribution in [0.2, 0.25) is 0 Å². The predicted molar refractivity (Wildman–Crippen MR) is 169 cm³/mol. The first-order valence-corrected chi connectivity index (χ1v) is 16.7. The molecule has 0 N–H and O–H groups in total. The highest BCUT2D eigenvalue weighted by Gasteiger charge is 2.14. The van der Waals surface area contributed by atoms with Gasteiger partial charge in [-0.25, -0.2) is 0 Å². The number of hydrogen-bond acceptors (Lipinski definition) is 3. The van der Waals surface area contributed by atoms with Crippen LogP contribution in [0.4, 0.5) is 0 Å². The lowest BCUT2D eigenvalue weighted by molar-refractivity contribution is -0.150. The maximum Gasteiger partial charge on any atom is 0.306 e. The minimum Gasteiger partial charge on any atom is -0.462 e. The van der Waals surface area contributed by atoms with E-state index in [1.54, 1.807) is 0 Å². The molecule has 0 aliphatic rings. The van der Waals surface area contributed by atoms with Gasteiger partial charge in [0.1, 0.15) is 6.10 Å². The molecule has 3 heteroatoms. The van der Waals surface area contributed by atoms with Gasteiger partial charge < -0.3 is 9.64 Å². The van der Waals surface area contributed by atoms with Gasteiger partial charge in [-0.3, -0.25) is 4.79 Å². The fourth-order valence-electron chi connectivity index (χ4n) is 4.91. The Hall–Kier alpha value is -1.09. The molecular formula is C35H67NO2. The van der Waals surface area contributed by atoms with E-state index >= 15 is 0 Å². The summed E-state index contributed by atoms with van der Waals surface area (Å²) in [6, 6.07) is 0. The summed E-state index contributed by atoms with van der Waals surface area (Å²) >= 11 is 0. The van der Waals surface area contributed by atoms with Crippen molar-refractivity contribution >= 4 is 5.97 Å². The molecular weight excluding hydrogens is 466 g/mol. The Morgan fingerprint density at radius 1 is 0.605 bits per heavy atom. The van der Waals surface area contributed by atoms with Crippen molar-refractivity contribution in [2.24, 2.45) is 0 Å². The SMILES string of the molecule is CCCCCC=CCC=CCCCCCCCCCC(CCCCCCCCC)OC(=O)CCCN(C)C. The molecule has 3 nitrogen and oxygen atoms in total. The van der Waals surface area contributed by atoms with Crippen LogP contribution in [0.3, 0.4) is 0 Å². The summed E-state index contributed by atoms with van der Waals surface area (Å²) in [5.74, 6) is 0.0110. The van der Waals surface area contributed by atoms with Gasteiger partial charge >= 0.3 is 5.97 Å². The minimum absolute atomic E-state index is 0.0110. The van der Waals surface area contributed by atoms with E-state index in [4.69, 9.17) is 4.74 Å². The smallest absolute Gasteiger partial charge is 0.306 e. The lowest BCUT2D eigenvalue weighted by Crippen LogP contribution is -2.20. The monoisotopic (exact) mass is 534 g/mol. The van der Waals surface area contributed by atoms with Crippen molar-refractivity contribution in [2.75, 3.05) is 20.6 Å². The normalized spacial score (nSPS) is 12.8. The van der Waals surface area contributed by atoms with Crippen molar-refractivity contribution in [3.8, 4) is 0 Å². The fraction of sp³-hybridized carbons (Fsp3) is 0.857. The van der Waals surface area contributed by atoms with Gasteiger partial charge in [-0.05, 0) is 84.8 Å². The first-order valence-electron chi connectivity index (χ1n) is 16.7. The summed E-state index contributed by atoms with van der Waals surface area (Å²) in [7, 11) is 4.11. The lowest BCUT2D eigenvalue weighted by atomic mass is 10.0. The van der Waals surface area contributed by atoms with Crippen LogP contribution in [-0.4, -0.2) is 37.6 Å². The van der Waals surface area contributed by atoms with Crippen LogP contribution in [-0.2, 0) is 9.53 Å².